The topological polar surface area (TPSA) is 168 Å². The van der Waals surface area contributed by atoms with E-state index in [-0.39, 0.29) is 6.42 Å². The summed E-state index contributed by atoms with van der Waals surface area (Å²) in [6.45, 7) is 1.77. The lowest BCUT2D eigenvalue weighted by molar-refractivity contribution is -0.143. The first-order valence-corrected chi connectivity index (χ1v) is 9.60. The van der Waals surface area contributed by atoms with Gasteiger partial charge in [0.2, 0.25) is 11.8 Å². The van der Waals surface area contributed by atoms with Gasteiger partial charge in [0.1, 0.15) is 12.1 Å². The molecule has 146 valence electrons. The third-order valence-corrected chi connectivity index (χ3v) is 4.24. The molecule has 0 rings (SSSR count). The van der Waals surface area contributed by atoms with E-state index >= 15 is 0 Å². The smallest absolute Gasteiger partial charge is 0.326 e. The van der Waals surface area contributed by atoms with E-state index < -0.39 is 42.0 Å². The predicted octanol–water partition coefficient (Wildman–Crippen LogP) is -1.37. The zero-order chi connectivity index (χ0) is 19.4. The van der Waals surface area contributed by atoms with Crippen molar-refractivity contribution in [3.05, 3.63) is 0 Å². The van der Waals surface area contributed by atoms with Crippen LogP contribution in [0, 0.1) is 0 Å². The quantitative estimate of drug-likeness (QED) is 0.213. The molecule has 0 heterocycles. The van der Waals surface area contributed by atoms with Gasteiger partial charge in [0.25, 0.3) is 0 Å². The normalized spacial score (nSPS) is 15.7. The summed E-state index contributed by atoms with van der Waals surface area (Å²) in [6, 6.07) is -3.19. The van der Waals surface area contributed by atoms with Gasteiger partial charge in [-0.25, -0.2) is 4.79 Å². The van der Waals surface area contributed by atoms with Crippen LogP contribution in [-0.2, 0) is 14.4 Å². The maximum Gasteiger partial charge on any atom is 0.326 e. The van der Waals surface area contributed by atoms with Crippen molar-refractivity contribution < 1.29 is 24.6 Å². The number of carbonyl (C=O) groups excluding carboxylic acids is 2. The highest BCUT2D eigenvalue weighted by Crippen LogP contribution is 2.04. The van der Waals surface area contributed by atoms with Crippen molar-refractivity contribution in [1.29, 1.82) is 0 Å². The van der Waals surface area contributed by atoms with Gasteiger partial charge >= 0.3 is 5.97 Å². The molecule has 0 aromatic rings. The molecule has 0 radical (unpaired) electrons. The summed E-state index contributed by atoms with van der Waals surface area (Å²) < 4.78 is 0. The molecule has 0 saturated carbocycles. The first-order valence-electron chi connectivity index (χ1n) is 8.20. The van der Waals surface area contributed by atoms with Crippen LogP contribution in [0.2, 0.25) is 0 Å². The summed E-state index contributed by atoms with van der Waals surface area (Å²) in [5.41, 5.74) is 11.1. The van der Waals surface area contributed by atoms with Crippen LogP contribution in [-0.4, -0.2) is 70.8 Å². The van der Waals surface area contributed by atoms with Gasteiger partial charge < -0.3 is 32.3 Å². The van der Waals surface area contributed by atoms with Gasteiger partial charge in [-0.3, -0.25) is 9.59 Å². The Morgan fingerprint density at radius 2 is 1.76 bits per heavy atom. The van der Waals surface area contributed by atoms with Crippen LogP contribution in [0.4, 0.5) is 0 Å². The number of hydrogen-bond donors (Lipinski definition) is 6. The molecule has 0 aliphatic rings. The van der Waals surface area contributed by atoms with E-state index in [1.807, 2.05) is 6.26 Å². The SMILES string of the molecule is CSCCC(N)C(=O)NC(C(=O)NC(CCCCN)C(=O)O)C(C)O. The second-order valence-corrected chi connectivity index (χ2v) is 6.78. The highest BCUT2D eigenvalue weighted by atomic mass is 32.2. The summed E-state index contributed by atoms with van der Waals surface area (Å²) in [7, 11) is 0. The van der Waals surface area contributed by atoms with E-state index in [0.717, 1.165) is 0 Å². The molecule has 8 N–H and O–H groups in total. The Kier molecular flexibility index (Phi) is 12.2. The first-order chi connectivity index (χ1) is 11.7. The second kappa shape index (κ2) is 12.9. The van der Waals surface area contributed by atoms with Gasteiger partial charge in [0.05, 0.1) is 12.1 Å². The third kappa shape index (κ3) is 9.63. The lowest BCUT2D eigenvalue weighted by Gasteiger charge is -2.24. The largest absolute Gasteiger partial charge is 0.480 e. The van der Waals surface area contributed by atoms with Crippen LogP contribution >= 0.6 is 11.8 Å². The van der Waals surface area contributed by atoms with Gasteiger partial charge in [-0.1, -0.05) is 0 Å². The lowest BCUT2D eigenvalue weighted by Crippen LogP contribution is -2.58. The number of aliphatic hydroxyl groups excluding tert-OH is 1. The fourth-order valence-corrected chi connectivity index (χ4v) is 2.54. The van der Waals surface area contributed by atoms with Crippen LogP contribution in [0.5, 0.6) is 0 Å². The number of carboxylic acid groups (broad SMARTS) is 1. The molecule has 0 fully saturated rings. The molecule has 10 heteroatoms. The van der Waals surface area contributed by atoms with Gasteiger partial charge in [-0.2, -0.15) is 11.8 Å². The number of thioether (sulfide) groups is 1. The minimum Gasteiger partial charge on any atom is -0.480 e. The minimum absolute atomic E-state index is 0.214. The summed E-state index contributed by atoms with van der Waals surface area (Å²) in [5.74, 6) is -1.83. The summed E-state index contributed by atoms with van der Waals surface area (Å²) in [6.07, 6.45) is 2.51. The fourth-order valence-electron chi connectivity index (χ4n) is 2.05. The lowest BCUT2D eigenvalue weighted by atomic mass is 10.1. The molecule has 0 spiro atoms. The molecule has 2 amide bonds. The summed E-state index contributed by atoms with van der Waals surface area (Å²) in [4.78, 5) is 35.6. The third-order valence-electron chi connectivity index (χ3n) is 3.59. The highest BCUT2D eigenvalue weighted by molar-refractivity contribution is 7.98. The Balaban J connectivity index is 4.80. The van der Waals surface area contributed by atoms with Crippen molar-refractivity contribution in [2.24, 2.45) is 11.5 Å². The van der Waals surface area contributed by atoms with E-state index in [2.05, 4.69) is 10.6 Å². The van der Waals surface area contributed by atoms with E-state index in [1.165, 1.54) is 18.7 Å². The number of unbranched alkanes of at least 4 members (excludes halogenated alkanes) is 1. The molecule has 0 aromatic carbocycles. The molecule has 4 unspecified atom stereocenters. The fraction of sp³-hybridized carbons (Fsp3) is 0.800. The molecular formula is C15H30N4O5S. The molecular weight excluding hydrogens is 348 g/mol. The maximum absolute atomic E-state index is 12.3. The van der Waals surface area contributed by atoms with E-state index in [4.69, 9.17) is 11.5 Å². The van der Waals surface area contributed by atoms with Crippen molar-refractivity contribution in [1.82, 2.24) is 10.6 Å². The number of carbonyl (C=O) groups is 3. The van der Waals surface area contributed by atoms with Crippen LogP contribution in [0.3, 0.4) is 0 Å². The van der Waals surface area contributed by atoms with E-state index in [1.54, 1.807) is 0 Å². The van der Waals surface area contributed by atoms with Gasteiger partial charge in [-0.15, -0.1) is 0 Å². The number of aliphatic carboxylic acids is 1. The monoisotopic (exact) mass is 378 g/mol. The number of carboxylic acids is 1. The van der Waals surface area contributed by atoms with Crippen molar-refractivity contribution in [2.75, 3.05) is 18.6 Å². The van der Waals surface area contributed by atoms with Crippen molar-refractivity contribution in [2.45, 2.75) is 56.8 Å². The van der Waals surface area contributed by atoms with E-state index in [9.17, 15) is 24.6 Å². The van der Waals surface area contributed by atoms with Gasteiger partial charge in [-0.05, 0) is 51.2 Å². The first kappa shape index (κ1) is 23.6. The van der Waals surface area contributed by atoms with Crippen LogP contribution < -0.4 is 22.1 Å². The predicted molar refractivity (Wildman–Crippen MR) is 97.1 cm³/mol. The van der Waals surface area contributed by atoms with E-state index in [0.29, 0.717) is 31.6 Å². The molecule has 0 bridgehead atoms. The average Bonchev–Trinajstić information content (AvgIpc) is 2.55. The number of nitrogens with two attached hydrogens (primary N) is 2. The maximum atomic E-state index is 12.3. The molecule has 9 nitrogen and oxygen atoms in total. The van der Waals surface area contributed by atoms with Crippen LogP contribution in [0.1, 0.15) is 32.6 Å². The van der Waals surface area contributed by atoms with Gasteiger partial charge in [0, 0.05) is 0 Å². The van der Waals surface area contributed by atoms with Crippen molar-refractivity contribution in [3.63, 3.8) is 0 Å². The number of aliphatic hydroxyl groups is 1. The Morgan fingerprint density at radius 1 is 1.12 bits per heavy atom. The number of amides is 2. The Morgan fingerprint density at radius 3 is 2.24 bits per heavy atom. The molecule has 25 heavy (non-hydrogen) atoms. The number of hydrogen-bond acceptors (Lipinski definition) is 7. The Bertz CT molecular complexity index is 436. The molecule has 4 atom stereocenters. The number of rotatable bonds is 13. The van der Waals surface area contributed by atoms with Crippen molar-refractivity contribution >= 4 is 29.5 Å². The van der Waals surface area contributed by atoms with Crippen LogP contribution in [0.25, 0.3) is 0 Å². The van der Waals surface area contributed by atoms with Crippen molar-refractivity contribution in [3.8, 4) is 0 Å². The Hall–Kier alpha value is -1.36. The zero-order valence-corrected chi connectivity index (χ0v) is 15.6. The standard InChI is InChI=1S/C15H30N4O5S/c1-9(20)12(19-13(21)10(17)6-8-25-2)14(22)18-11(15(23)24)5-3-4-7-16/h9-12,20H,3-8,16-17H2,1-2H3,(H,18,22)(H,19,21)(H,23,24). The molecule has 0 aromatic heterocycles. The minimum atomic E-state index is -1.27. The summed E-state index contributed by atoms with van der Waals surface area (Å²) in [5, 5.41) is 23.7. The highest BCUT2D eigenvalue weighted by Gasteiger charge is 2.30. The Labute approximate surface area is 152 Å². The zero-order valence-electron chi connectivity index (χ0n) is 14.7. The average molecular weight is 378 g/mol. The molecule has 0 saturated heterocycles. The molecule has 0 aliphatic heterocycles. The number of nitrogens with one attached hydrogen (secondary N) is 2. The van der Waals surface area contributed by atoms with Gasteiger partial charge in [0.15, 0.2) is 0 Å². The summed E-state index contributed by atoms with van der Waals surface area (Å²) >= 11 is 1.54. The van der Waals surface area contributed by atoms with Crippen LogP contribution in [0.15, 0.2) is 0 Å². The second-order valence-electron chi connectivity index (χ2n) is 5.80. The molecule has 0 aliphatic carbocycles.